The van der Waals surface area contributed by atoms with Crippen molar-refractivity contribution in [1.82, 2.24) is 9.97 Å². The number of nitrogen functional groups attached to an aromatic ring is 1. The number of hydrogen-bond acceptors (Lipinski definition) is 5. The number of nitrogens with one attached hydrogen (secondary N) is 1. The largest absolute Gasteiger partial charge is 0.368 e. The summed E-state index contributed by atoms with van der Waals surface area (Å²) >= 11 is 1.69. The first kappa shape index (κ1) is 13.1. The van der Waals surface area contributed by atoms with E-state index in [-0.39, 0.29) is 5.54 Å². The lowest BCUT2D eigenvalue weighted by molar-refractivity contribution is 0.546. The molecule has 2 aromatic rings. The molecule has 0 amide bonds. The van der Waals surface area contributed by atoms with Crippen molar-refractivity contribution in [2.45, 2.75) is 46.1 Å². The van der Waals surface area contributed by atoms with Gasteiger partial charge in [-0.2, -0.15) is 4.98 Å². The van der Waals surface area contributed by atoms with Crippen LogP contribution in [-0.4, -0.2) is 15.5 Å². The Morgan fingerprint density at radius 3 is 2.67 bits per heavy atom. The maximum atomic E-state index is 5.78. The highest BCUT2D eigenvalue weighted by Crippen LogP contribution is 2.31. The van der Waals surface area contributed by atoms with Crippen LogP contribution in [0.1, 0.15) is 39.0 Å². The fourth-order valence-corrected chi connectivity index (χ4v) is 2.64. The molecule has 18 heavy (non-hydrogen) atoms. The lowest BCUT2D eigenvalue weighted by Gasteiger charge is -2.25. The van der Waals surface area contributed by atoms with Gasteiger partial charge in [-0.3, -0.25) is 0 Å². The molecule has 0 spiro atoms. The lowest BCUT2D eigenvalue weighted by Crippen LogP contribution is -2.30. The molecule has 0 unspecified atom stereocenters. The summed E-state index contributed by atoms with van der Waals surface area (Å²) in [5.41, 5.74) is 5.78. The molecule has 2 aromatic heterocycles. The van der Waals surface area contributed by atoms with Crippen molar-refractivity contribution >= 4 is 33.3 Å². The van der Waals surface area contributed by atoms with Gasteiger partial charge in [0, 0.05) is 10.4 Å². The number of nitrogens with zero attached hydrogens (tertiary/aromatic N) is 2. The average Bonchev–Trinajstić information content (AvgIpc) is 2.71. The highest BCUT2D eigenvalue weighted by molar-refractivity contribution is 7.18. The highest BCUT2D eigenvalue weighted by Gasteiger charge is 2.18. The van der Waals surface area contributed by atoms with Gasteiger partial charge in [0.15, 0.2) is 0 Å². The van der Waals surface area contributed by atoms with Gasteiger partial charge in [0.1, 0.15) is 10.6 Å². The molecule has 0 radical (unpaired) electrons. The van der Waals surface area contributed by atoms with Crippen LogP contribution in [0.2, 0.25) is 0 Å². The van der Waals surface area contributed by atoms with E-state index in [2.05, 4.69) is 49.0 Å². The Morgan fingerprint density at radius 2 is 2.06 bits per heavy atom. The van der Waals surface area contributed by atoms with E-state index in [0.29, 0.717) is 5.95 Å². The maximum absolute atomic E-state index is 5.78. The van der Waals surface area contributed by atoms with Crippen molar-refractivity contribution in [1.29, 1.82) is 0 Å². The third-order valence-electron chi connectivity index (χ3n) is 3.15. The van der Waals surface area contributed by atoms with E-state index >= 15 is 0 Å². The molecule has 5 heteroatoms. The molecule has 0 bridgehead atoms. The zero-order chi connectivity index (χ0) is 13.3. The number of aryl methyl sites for hydroxylation is 1. The maximum Gasteiger partial charge on any atom is 0.223 e. The summed E-state index contributed by atoms with van der Waals surface area (Å²) in [6.07, 6.45) is 2.03. The van der Waals surface area contributed by atoms with E-state index in [1.165, 1.54) is 4.88 Å². The molecule has 0 aliphatic rings. The first-order valence-electron chi connectivity index (χ1n) is 6.29. The molecule has 0 fully saturated rings. The second kappa shape index (κ2) is 4.72. The Kier molecular flexibility index (Phi) is 3.43. The number of hydrogen-bond donors (Lipinski definition) is 2. The van der Waals surface area contributed by atoms with Crippen LogP contribution in [0.3, 0.4) is 0 Å². The second-order valence-corrected chi connectivity index (χ2v) is 6.19. The summed E-state index contributed by atoms with van der Waals surface area (Å²) < 4.78 is 0. The fourth-order valence-electron chi connectivity index (χ4n) is 1.67. The van der Waals surface area contributed by atoms with Gasteiger partial charge in [0.25, 0.3) is 0 Å². The average molecular weight is 264 g/mol. The third-order valence-corrected chi connectivity index (χ3v) is 4.32. The number of rotatable bonds is 4. The Hall–Kier alpha value is -1.36. The number of aromatic nitrogens is 2. The molecular weight excluding hydrogens is 244 g/mol. The Morgan fingerprint density at radius 1 is 1.33 bits per heavy atom. The van der Waals surface area contributed by atoms with Gasteiger partial charge in [-0.05, 0) is 32.8 Å². The van der Waals surface area contributed by atoms with Crippen LogP contribution >= 0.6 is 11.3 Å². The molecule has 0 saturated heterocycles. The predicted molar refractivity (Wildman–Crippen MR) is 79.2 cm³/mol. The van der Waals surface area contributed by atoms with Gasteiger partial charge in [-0.15, -0.1) is 11.3 Å². The Balaban J connectivity index is 2.51. The second-order valence-electron chi connectivity index (χ2n) is 5.08. The van der Waals surface area contributed by atoms with Gasteiger partial charge < -0.3 is 11.1 Å². The zero-order valence-corrected chi connectivity index (χ0v) is 12.2. The van der Waals surface area contributed by atoms with Gasteiger partial charge in [-0.1, -0.05) is 13.8 Å². The van der Waals surface area contributed by atoms with Crippen molar-refractivity contribution in [3.63, 3.8) is 0 Å². The minimum Gasteiger partial charge on any atom is -0.368 e. The third kappa shape index (κ3) is 2.56. The van der Waals surface area contributed by atoms with E-state index in [4.69, 9.17) is 5.73 Å². The molecule has 0 aromatic carbocycles. The smallest absolute Gasteiger partial charge is 0.223 e. The number of anilines is 2. The molecule has 4 nitrogen and oxygen atoms in total. The van der Waals surface area contributed by atoms with Gasteiger partial charge in [0.05, 0.1) is 5.39 Å². The quantitative estimate of drug-likeness (QED) is 0.888. The summed E-state index contributed by atoms with van der Waals surface area (Å²) in [5, 5.41) is 4.54. The van der Waals surface area contributed by atoms with E-state index in [0.717, 1.165) is 28.9 Å². The van der Waals surface area contributed by atoms with E-state index in [1.54, 1.807) is 11.3 Å². The summed E-state index contributed by atoms with van der Waals surface area (Å²) in [6, 6.07) is 2.16. The van der Waals surface area contributed by atoms with E-state index in [1.807, 2.05) is 0 Å². The molecule has 3 N–H and O–H groups in total. The number of nitrogens with two attached hydrogens (primary N) is 1. The van der Waals surface area contributed by atoms with Crippen molar-refractivity contribution in [3.8, 4) is 0 Å². The van der Waals surface area contributed by atoms with E-state index < -0.39 is 0 Å². The van der Waals surface area contributed by atoms with Crippen LogP contribution in [0.15, 0.2) is 6.07 Å². The number of thiophene rings is 1. The van der Waals surface area contributed by atoms with Crippen molar-refractivity contribution in [2.24, 2.45) is 0 Å². The molecule has 98 valence electrons. The van der Waals surface area contributed by atoms with E-state index in [9.17, 15) is 0 Å². The topological polar surface area (TPSA) is 63.8 Å². The van der Waals surface area contributed by atoms with Crippen LogP contribution in [0.25, 0.3) is 10.2 Å². The van der Waals surface area contributed by atoms with Crippen molar-refractivity contribution in [3.05, 3.63) is 10.9 Å². The first-order valence-corrected chi connectivity index (χ1v) is 7.11. The van der Waals surface area contributed by atoms with Gasteiger partial charge in [-0.25, -0.2) is 4.98 Å². The minimum absolute atomic E-state index is 0.00202. The fraction of sp³-hybridized carbons (Fsp3) is 0.538. The van der Waals surface area contributed by atoms with Crippen LogP contribution in [0.4, 0.5) is 11.8 Å². The lowest BCUT2D eigenvalue weighted by atomic mass is 10.0. The summed E-state index contributed by atoms with van der Waals surface area (Å²) in [7, 11) is 0. The molecule has 0 aliphatic carbocycles. The first-order chi connectivity index (χ1) is 8.45. The SMILES string of the molecule is CCc1cc2c(NC(C)(C)CC)nc(N)nc2s1. The van der Waals surface area contributed by atoms with Gasteiger partial charge >= 0.3 is 0 Å². The van der Waals surface area contributed by atoms with Crippen LogP contribution in [0, 0.1) is 0 Å². The normalized spacial score (nSPS) is 12.0. The standard InChI is InChI=1S/C13H20N4S/c1-5-8-7-9-10(17-13(3,4)6-2)15-12(14)16-11(9)18-8/h7H,5-6H2,1-4H3,(H3,14,15,16,17). The molecule has 0 saturated carbocycles. The van der Waals surface area contributed by atoms with Gasteiger partial charge in [0.2, 0.25) is 5.95 Å². The molecule has 2 rings (SSSR count). The van der Waals surface area contributed by atoms with Crippen LogP contribution < -0.4 is 11.1 Å². The molecule has 0 aliphatic heterocycles. The minimum atomic E-state index is 0.00202. The number of fused-ring (bicyclic) bond motifs is 1. The van der Waals surface area contributed by atoms with Crippen LogP contribution in [-0.2, 0) is 6.42 Å². The zero-order valence-electron chi connectivity index (χ0n) is 11.4. The highest BCUT2D eigenvalue weighted by atomic mass is 32.1. The summed E-state index contributed by atoms with van der Waals surface area (Å²) in [4.78, 5) is 10.9. The molecule has 0 atom stereocenters. The Bertz CT molecular complexity index is 559. The van der Waals surface area contributed by atoms with Crippen LogP contribution in [0.5, 0.6) is 0 Å². The van der Waals surface area contributed by atoms with Crippen molar-refractivity contribution in [2.75, 3.05) is 11.1 Å². The summed E-state index contributed by atoms with van der Waals surface area (Å²) in [5.74, 6) is 1.18. The van der Waals surface area contributed by atoms with Crippen molar-refractivity contribution < 1.29 is 0 Å². The molecule has 2 heterocycles. The summed E-state index contributed by atoms with van der Waals surface area (Å²) in [6.45, 7) is 8.61. The monoisotopic (exact) mass is 264 g/mol. The predicted octanol–water partition coefficient (Wildman–Crippen LogP) is 3.44. The Labute approximate surface area is 112 Å². The molecular formula is C13H20N4S.